The molecule has 1 aliphatic rings. The van der Waals surface area contributed by atoms with Crippen molar-refractivity contribution in [3.8, 4) is 0 Å². The molecule has 0 fully saturated rings. The topological polar surface area (TPSA) is 59.3 Å². The van der Waals surface area contributed by atoms with Crippen LogP contribution in [0.1, 0.15) is 42.6 Å². The van der Waals surface area contributed by atoms with E-state index in [0.29, 0.717) is 16.5 Å². The maximum Gasteiger partial charge on any atom is 0.275 e. The van der Waals surface area contributed by atoms with Crippen molar-refractivity contribution in [3.63, 3.8) is 0 Å². The molecular weight excluding hydrogens is 327 g/mol. The standard InChI is InChI=1S/C17H17FN4OS/c1-2-12-9-15(23)22-17(19-12)24-16(21-22)20-14-5-3-4-10-6-7-11(18)8-13(10)14/h6-9,14H,2-5H2,1H3,(H,20,21). The van der Waals surface area contributed by atoms with E-state index >= 15 is 0 Å². The predicted octanol–water partition coefficient (Wildman–Crippen LogP) is 3.34. The van der Waals surface area contributed by atoms with Crippen LogP contribution >= 0.6 is 11.3 Å². The van der Waals surface area contributed by atoms with Gasteiger partial charge in [-0.2, -0.15) is 4.52 Å². The van der Waals surface area contributed by atoms with Crippen LogP contribution in [0, 0.1) is 5.82 Å². The fraction of sp³-hybridized carbons (Fsp3) is 0.353. The molecule has 2 aromatic heterocycles. The van der Waals surface area contributed by atoms with Crippen molar-refractivity contribution < 1.29 is 4.39 Å². The van der Waals surface area contributed by atoms with Gasteiger partial charge in [-0.1, -0.05) is 24.3 Å². The summed E-state index contributed by atoms with van der Waals surface area (Å²) >= 11 is 1.35. The third kappa shape index (κ3) is 2.69. The van der Waals surface area contributed by atoms with E-state index in [0.717, 1.165) is 30.5 Å². The predicted molar refractivity (Wildman–Crippen MR) is 92.2 cm³/mol. The van der Waals surface area contributed by atoms with E-state index in [1.807, 2.05) is 13.0 Å². The normalized spacial score (nSPS) is 17.0. The highest BCUT2D eigenvalue weighted by atomic mass is 32.1. The third-order valence-corrected chi connectivity index (χ3v) is 5.22. The van der Waals surface area contributed by atoms with Gasteiger partial charge in [-0.25, -0.2) is 9.37 Å². The Kier molecular flexibility index (Phi) is 3.80. The molecule has 0 amide bonds. The zero-order chi connectivity index (χ0) is 16.7. The molecule has 0 radical (unpaired) electrons. The SMILES string of the molecule is CCc1cc(=O)n2nc(NC3CCCc4ccc(F)cc43)sc2n1. The number of rotatable bonds is 3. The van der Waals surface area contributed by atoms with Crippen molar-refractivity contribution in [3.05, 3.63) is 57.3 Å². The fourth-order valence-corrected chi connectivity index (χ4v) is 4.04. The monoisotopic (exact) mass is 344 g/mol. The van der Waals surface area contributed by atoms with E-state index in [9.17, 15) is 9.18 Å². The van der Waals surface area contributed by atoms with Crippen LogP contribution in [-0.4, -0.2) is 14.6 Å². The third-order valence-electron chi connectivity index (χ3n) is 4.38. The Morgan fingerprint density at radius 1 is 1.42 bits per heavy atom. The van der Waals surface area contributed by atoms with Gasteiger partial charge in [0.15, 0.2) is 0 Å². The lowest BCUT2D eigenvalue weighted by atomic mass is 9.88. The van der Waals surface area contributed by atoms with Crippen molar-refractivity contribution in [2.45, 2.75) is 38.6 Å². The van der Waals surface area contributed by atoms with Gasteiger partial charge >= 0.3 is 0 Å². The first-order valence-electron chi connectivity index (χ1n) is 8.08. The molecule has 0 spiro atoms. The zero-order valence-corrected chi connectivity index (χ0v) is 14.1. The summed E-state index contributed by atoms with van der Waals surface area (Å²) < 4.78 is 14.9. The fourth-order valence-electron chi connectivity index (χ4n) is 3.16. The Hall–Kier alpha value is -2.28. The number of nitrogens with one attached hydrogen (secondary N) is 1. The van der Waals surface area contributed by atoms with E-state index in [4.69, 9.17) is 0 Å². The molecule has 0 bridgehead atoms. The number of halogens is 1. The molecule has 1 aromatic carbocycles. The van der Waals surface area contributed by atoms with Crippen LogP contribution in [0.25, 0.3) is 4.96 Å². The summed E-state index contributed by atoms with van der Waals surface area (Å²) in [5.74, 6) is -0.225. The van der Waals surface area contributed by atoms with Crippen molar-refractivity contribution in [2.75, 3.05) is 5.32 Å². The minimum absolute atomic E-state index is 0.00589. The molecule has 1 aliphatic carbocycles. The van der Waals surface area contributed by atoms with Crippen molar-refractivity contribution in [1.29, 1.82) is 0 Å². The minimum atomic E-state index is -0.225. The summed E-state index contributed by atoms with van der Waals surface area (Å²) in [6.07, 6.45) is 3.63. The van der Waals surface area contributed by atoms with Crippen molar-refractivity contribution in [2.24, 2.45) is 0 Å². The Bertz CT molecular complexity index is 965. The van der Waals surface area contributed by atoms with Gasteiger partial charge in [-0.05, 0) is 48.9 Å². The molecule has 0 saturated carbocycles. The highest BCUT2D eigenvalue weighted by molar-refractivity contribution is 7.20. The summed E-state index contributed by atoms with van der Waals surface area (Å²) in [6.45, 7) is 1.96. The van der Waals surface area contributed by atoms with Crippen molar-refractivity contribution in [1.82, 2.24) is 14.6 Å². The number of hydrogen-bond donors (Lipinski definition) is 1. The second-order valence-electron chi connectivity index (χ2n) is 5.97. The van der Waals surface area contributed by atoms with Gasteiger partial charge in [0, 0.05) is 11.8 Å². The van der Waals surface area contributed by atoms with Crippen molar-refractivity contribution >= 4 is 21.4 Å². The number of fused-ring (bicyclic) bond motifs is 2. The molecule has 0 aliphatic heterocycles. The molecule has 3 aromatic rings. The number of aryl methyl sites for hydroxylation is 2. The summed E-state index contributed by atoms with van der Waals surface area (Å²) in [6, 6.07) is 6.48. The molecule has 4 rings (SSSR count). The van der Waals surface area contributed by atoms with Gasteiger partial charge in [0.1, 0.15) is 5.82 Å². The lowest BCUT2D eigenvalue weighted by Crippen LogP contribution is -2.18. The molecule has 5 nitrogen and oxygen atoms in total. The van der Waals surface area contributed by atoms with Gasteiger partial charge in [0.25, 0.3) is 5.56 Å². The largest absolute Gasteiger partial charge is 0.353 e. The molecule has 0 saturated heterocycles. The highest BCUT2D eigenvalue weighted by Gasteiger charge is 2.22. The second-order valence-corrected chi connectivity index (χ2v) is 6.93. The minimum Gasteiger partial charge on any atom is -0.353 e. The zero-order valence-electron chi connectivity index (χ0n) is 13.3. The maximum atomic E-state index is 13.6. The number of aromatic nitrogens is 3. The summed E-state index contributed by atoms with van der Waals surface area (Å²) in [4.78, 5) is 17.1. The lowest BCUT2D eigenvalue weighted by molar-refractivity contribution is 0.579. The van der Waals surface area contributed by atoms with E-state index in [-0.39, 0.29) is 17.4 Å². The first-order valence-corrected chi connectivity index (χ1v) is 8.90. The molecule has 124 valence electrons. The Labute approximate surface area is 142 Å². The van der Waals surface area contributed by atoms with Crippen LogP contribution in [0.3, 0.4) is 0 Å². The number of nitrogens with zero attached hydrogens (tertiary/aromatic N) is 3. The summed E-state index contributed by atoms with van der Waals surface area (Å²) in [5.41, 5.74) is 2.75. The molecule has 7 heteroatoms. The Balaban J connectivity index is 1.69. The van der Waals surface area contributed by atoms with Gasteiger partial charge < -0.3 is 5.32 Å². The molecular formula is C17H17FN4OS. The van der Waals surface area contributed by atoms with Gasteiger partial charge in [0.05, 0.1) is 6.04 Å². The van der Waals surface area contributed by atoms with Crippen LogP contribution in [0.4, 0.5) is 9.52 Å². The van der Waals surface area contributed by atoms with Gasteiger partial charge in [0.2, 0.25) is 10.1 Å². The lowest BCUT2D eigenvalue weighted by Gasteiger charge is -2.26. The van der Waals surface area contributed by atoms with E-state index in [1.165, 1.54) is 33.5 Å². The number of hydrogen-bond acceptors (Lipinski definition) is 5. The summed E-state index contributed by atoms with van der Waals surface area (Å²) in [5, 5.41) is 8.33. The maximum absolute atomic E-state index is 13.6. The molecule has 2 heterocycles. The molecule has 1 unspecified atom stereocenters. The van der Waals surface area contributed by atoms with Crippen LogP contribution in [0.15, 0.2) is 29.1 Å². The van der Waals surface area contributed by atoms with E-state index in [1.54, 1.807) is 6.07 Å². The quantitative estimate of drug-likeness (QED) is 0.792. The summed E-state index contributed by atoms with van der Waals surface area (Å²) in [7, 11) is 0. The first-order chi connectivity index (χ1) is 11.6. The average Bonchev–Trinajstić information content (AvgIpc) is 2.98. The van der Waals surface area contributed by atoms with Crippen LogP contribution < -0.4 is 10.9 Å². The van der Waals surface area contributed by atoms with Crippen LogP contribution in [-0.2, 0) is 12.8 Å². The highest BCUT2D eigenvalue weighted by Crippen LogP contribution is 2.33. The smallest absolute Gasteiger partial charge is 0.275 e. The van der Waals surface area contributed by atoms with Gasteiger partial charge in [-0.15, -0.1) is 5.10 Å². The van der Waals surface area contributed by atoms with E-state index < -0.39 is 0 Å². The molecule has 24 heavy (non-hydrogen) atoms. The molecule has 1 N–H and O–H groups in total. The second kappa shape index (κ2) is 5.98. The first kappa shape index (κ1) is 15.3. The Morgan fingerprint density at radius 3 is 3.12 bits per heavy atom. The van der Waals surface area contributed by atoms with Gasteiger partial charge in [-0.3, -0.25) is 4.79 Å². The van der Waals surface area contributed by atoms with Crippen LogP contribution in [0.5, 0.6) is 0 Å². The Morgan fingerprint density at radius 2 is 2.29 bits per heavy atom. The molecule has 1 atom stereocenters. The number of anilines is 1. The van der Waals surface area contributed by atoms with Crippen LogP contribution in [0.2, 0.25) is 0 Å². The number of benzene rings is 1. The van der Waals surface area contributed by atoms with E-state index in [2.05, 4.69) is 15.4 Å². The average molecular weight is 344 g/mol.